The number of oxime groups is 1. The van der Waals surface area contributed by atoms with E-state index in [-0.39, 0.29) is 12.6 Å². The van der Waals surface area contributed by atoms with E-state index >= 15 is 0 Å². The highest BCUT2D eigenvalue weighted by Gasteiger charge is 2.39. The molecule has 3 heterocycles. The molecule has 14 heteroatoms. The van der Waals surface area contributed by atoms with Gasteiger partial charge in [0.15, 0.2) is 0 Å². The Morgan fingerprint density at radius 3 is 2.37 bits per heavy atom. The van der Waals surface area contributed by atoms with Crippen LogP contribution in [0.25, 0.3) is 10.9 Å². The van der Waals surface area contributed by atoms with Gasteiger partial charge < -0.3 is 19.5 Å². The third kappa shape index (κ3) is 8.59. The molecule has 1 atom stereocenters. The smallest absolute Gasteiger partial charge is 0.396 e. The number of benzene rings is 2. The first kappa shape index (κ1) is 33.7. The maximum atomic E-state index is 13.7. The molecule has 2 fully saturated rings. The molecule has 0 aliphatic carbocycles. The van der Waals surface area contributed by atoms with Crippen molar-refractivity contribution < 1.29 is 40.7 Å². The summed E-state index contributed by atoms with van der Waals surface area (Å²) in [5, 5.41) is 5.17. The zero-order valence-electron chi connectivity index (χ0n) is 25.5. The highest BCUT2D eigenvalue weighted by Crippen LogP contribution is 2.37. The van der Waals surface area contributed by atoms with Crippen molar-refractivity contribution in [3.8, 4) is 0 Å². The van der Waals surface area contributed by atoms with Crippen molar-refractivity contribution in [2.75, 3.05) is 65.6 Å². The molecule has 2 aromatic carbocycles. The minimum atomic E-state index is -5.06. The van der Waals surface area contributed by atoms with Crippen LogP contribution in [0.3, 0.4) is 0 Å². The van der Waals surface area contributed by atoms with Crippen LogP contribution >= 0.6 is 0 Å². The van der Waals surface area contributed by atoms with E-state index in [1.807, 2.05) is 37.4 Å². The number of morpholine rings is 1. The van der Waals surface area contributed by atoms with E-state index in [1.165, 1.54) is 4.90 Å². The molecule has 5 rings (SSSR count). The van der Waals surface area contributed by atoms with Crippen molar-refractivity contribution in [2.45, 2.75) is 38.2 Å². The first-order valence-corrected chi connectivity index (χ1v) is 15.2. The molecule has 0 bridgehead atoms. The van der Waals surface area contributed by atoms with Crippen LogP contribution in [0.2, 0.25) is 0 Å². The fraction of sp³-hybridized carbons (Fsp3) is 0.500. The van der Waals surface area contributed by atoms with E-state index in [4.69, 9.17) is 9.57 Å². The summed E-state index contributed by atoms with van der Waals surface area (Å²) in [6.07, 6.45) is -7.14. The summed E-state index contributed by atoms with van der Waals surface area (Å²) < 4.78 is 86.8. The SMILES string of the molecule is C/C(CN1CCN(C(=O)c2cc(C(F)(F)F)cc(C(F)(F)F)c2)[C@H](Cc2c[nH]c3ccccc23)C1)=N/OCCCN1CCOCC1. The molecule has 0 spiro atoms. The Balaban J connectivity index is 1.31. The van der Waals surface area contributed by atoms with E-state index in [0.29, 0.717) is 50.5 Å². The van der Waals surface area contributed by atoms with Gasteiger partial charge in [-0.05, 0) is 49.6 Å². The molecule has 2 aliphatic rings. The van der Waals surface area contributed by atoms with Gasteiger partial charge in [-0.1, -0.05) is 23.4 Å². The summed E-state index contributed by atoms with van der Waals surface area (Å²) in [5.74, 6) is -0.880. The topological polar surface area (TPSA) is 73.4 Å². The molecule has 2 saturated heterocycles. The Labute approximate surface area is 262 Å². The van der Waals surface area contributed by atoms with Crippen molar-refractivity contribution >= 4 is 22.5 Å². The fourth-order valence-electron chi connectivity index (χ4n) is 5.99. The zero-order chi connectivity index (χ0) is 32.9. The van der Waals surface area contributed by atoms with Crippen LogP contribution in [0.5, 0.6) is 0 Å². The number of halogens is 6. The number of hydrogen-bond acceptors (Lipinski definition) is 6. The summed E-state index contributed by atoms with van der Waals surface area (Å²) in [5.41, 5.74) is -1.21. The molecule has 1 N–H and O–H groups in total. The minimum absolute atomic E-state index is 0.0327. The van der Waals surface area contributed by atoms with E-state index in [1.54, 1.807) is 0 Å². The van der Waals surface area contributed by atoms with Gasteiger partial charge in [0.25, 0.3) is 5.91 Å². The van der Waals surface area contributed by atoms with E-state index < -0.39 is 41.0 Å². The number of alkyl halides is 6. The summed E-state index contributed by atoms with van der Waals surface area (Å²) >= 11 is 0. The van der Waals surface area contributed by atoms with Crippen molar-refractivity contribution in [3.63, 3.8) is 0 Å². The minimum Gasteiger partial charge on any atom is -0.396 e. The number of nitrogens with zero attached hydrogens (tertiary/aromatic N) is 4. The second kappa shape index (κ2) is 14.4. The Bertz CT molecular complexity index is 1480. The van der Waals surface area contributed by atoms with Gasteiger partial charge >= 0.3 is 12.4 Å². The average molecular weight is 654 g/mol. The first-order chi connectivity index (χ1) is 21.9. The number of H-pyrrole nitrogens is 1. The second-order valence-electron chi connectivity index (χ2n) is 11.7. The maximum Gasteiger partial charge on any atom is 0.416 e. The lowest BCUT2D eigenvalue weighted by Gasteiger charge is -2.41. The lowest BCUT2D eigenvalue weighted by molar-refractivity contribution is -0.143. The second-order valence-corrected chi connectivity index (χ2v) is 11.7. The number of piperazine rings is 1. The van der Waals surface area contributed by atoms with Crippen LogP contribution in [0.15, 0.2) is 53.8 Å². The van der Waals surface area contributed by atoms with Gasteiger partial charge in [-0.25, -0.2) is 0 Å². The molecule has 3 aromatic rings. The summed E-state index contributed by atoms with van der Waals surface area (Å²) in [6.45, 7) is 7.65. The molecule has 1 amide bonds. The Kier molecular flexibility index (Phi) is 10.6. The third-order valence-electron chi connectivity index (χ3n) is 8.28. The third-order valence-corrected chi connectivity index (χ3v) is 8.28. The number of fused-ring (bicyclic) bond motifs is 1. The number of hydrogen-bond donors (Lipinski definition) is 1. The van der Waals surface area contributed by atoms with Gasteiger partial charge in [0.2, 0.25) is 0 Å². The first-order valence-electron chi connectivity index (χ1n) is 15.2. The van der Waals surface area contributed by atoms with E-state index in [0.717, 1.165) is 55.7 Å². The normalized spacial score (nSPS) is 19.2. The van der Waals surface area contributed by atoms with E-state index in [9.17, 15) is 31.1 Å². The predicted molar refractivity (Wildman–Crippen MR) is 161 cm³/mol. The van der Waals surface area contributed by atoms with Crippen molar-refractivity contribution in [1.29, 1.82) is 0 Å². The fourth-order valence-corrected chi connectivity index (χ4v) is 5.99. The largest absolute Gasteiger partial charge is 0.416 e. The van der Waals surface area contributed by atoms with Gasteiger partial charge in [-0.15, -0.1) is 0 Å². The van der Waals surface area contributed by atoms with Gasteiger partial charge in [-0.2, -0.15) is 26.3 Å². The van der Waals surface area contributed by atoms with Gasteiger partial charge in [0.1, 0.15) is 6.61 Å². The maximum absolute atomic E-state index is 13.7. The molecule has 0 radical (unpaired) electrons. The molecule has 250 valence electrons. The number of aromatic nitrogens is 1. The highest BCUT2D eigenvalue weighted by atomic mass is 19.4. The van der Waals surface area contributed by atoms with Gasteiger partial charge in [0.05, 0.1) is 30.1 Å². The number of para-hydroxylation sites is 1. The number of amides is 1. The summed E-state index contributed by atoms with van der Waals surface area (Å²) in [7, 11) is 0. The van der Waals surface area contributed by atoms with Crippen LogP contribution in [0, 0.1) is 0 Å². The number of aromatic amines is 1. The molecule has 2 aliphatic heterocycles. The monoisotopic (exact) mass is 653 g/mol. The highest BCUT2D eigenvalue weighted by molar-refractivity contribution is 5.95. The Morgan fingerprint density at radius 2 is 1.67 bits per heavy atom. The number of carbonyl (C=O) groups is 1. The number of carbonyl (C=O) groups excluding carboxylic acids is 1. The van der Waals surface area contributed by atoms with E-state index in [2.05, 4.69) is 19.9 Å². The summed E-state index contributed by atoms with van der Waals surface area (Å²) in [6, 6.07) is 8.06. The number of rotatable bonds is 10. The van der Waals surface area contributed by atoms with Crippen molar-refractivity contribution in [3.05, 3.63) is 70.9 Å². The Morgan fingerprint density at radius 1 is 0.978 bits per heavy atom. The van der Waals surface area contributed by atoms with Crippen LogP contribution in [0.1, 0.15) is 40.4 Å². The van der Waals surface area contributed by atoms with Gasteiger partial charge in [0, 0.05) is 74.5 Å². The lowest BCUT2D eigenvalue weighted by Crippen LogP contribution is -2.56. The van der Waals surface area contributed by atoms with Crippen LogP contribution in [-0.4, -0.2) is 103 Å². The Hall–Kier alpha value is -3.62. The molecular weight excluding hydrogens is 616 g/mol. The molecule has 8 nitrogen and oxygen atoms in total. The summed E-state index contributed by atoms with van der Waals surface area (Å²) in [4.78, 5) is 28.2. The van der Waals surface area contributed by atoms with Crippen LogP contribution in [-0.2, 0) is 28.3 Å². The quantitative estimate of drug-likeness (QED) is 0.132. The molecular formula is C32H37F6N5O3. The molecule has 46 heavy (non-hydrogen) atoms. The standard InChI is InChI=1S/C32H37F6N5O3/c1-22(40-46-12-4-7-41-10-13-45-14-11-41)20-42-8-9-43(27(21-42)17-24-19-39-29-6-3-2-5-28(24)29)30(44)23-15-25(31(33,34)35)18-26(16-23)32(36,37)38/h2-3,5-6,15-16,18-19,27,39H,4,7-14,17,20-21H2,1H3/b40-22-/t27-/m1/s1. The predicted octanol–water partition coefficient (Wildman–Crippen LogP) is 5.69. The average Bonchev–Trinajstić information content (AvgIpc) is 3.43. The lowest BCUT2D eigenvalue weighted by atomic mass is 9.98. The number of ether oxygens (including phenoxy) is 1. The molecule has 0 unspecified atom stereocenters. The van der Waals surface area contributed by atoms with Crippen molar-refractivity contribution in [1.82, 2.24) is 19.7 Å². The van der Waals surface area contributed by atoms with Crippen LogP contribution in [0.4, 0.5) is 26.3 Å². The molecule has 0 saturated carbocycles. The van der Waals surface area contributed by atoms with Crippen molar-refractivity contribution in [2.24, 2.45) is 5.16 Å². The van der Waals surface area contributed by atoms with Gasteiger partial charge in [-0.3, -0.25) is 14.6 Å². The molecule has 1 aromatic heterocycles. The zero-order valence-corrected chi connectivity index (χ0v) is 25.5. The number of nitrogens with one attached hydrogen (secondary N) is 1. The van der Waals surface area contributed by atoms with Crippen LogP contribution < -0.4 is 0 Å².